The summed E-state index contributed by atoms with van der Waals surface area (Å²) in [5.74, 6) is -0.397. The molecule has 0 spiro atoms. The predicted octanol–water partition coefficient (Wildman–Crippen LogP) is -0.282. The zero-order valence-corrected chi connectivity index (χ0v) is 6.40. The van der Waals surface area contributed by atoms with Crippen molar-refractivity contribution in [3.05, 3.63) is 39.2 Å². The third-order valence-corrected chi connectivity index (χ3v) is 1.49. The van der Waals surface area contributed by atoms with E-state index in [0.717, 1.165) is 0 Å². The Morgan fingerprint density at radius 3 is 2.85 bits per heavy atom. The largest absolute Gasteiger partial charge is 0.439 e. The van der Waals surface area contributed by atoms with E-state index in [-0.39, 0.29) is 11.4 Å². The highest BCUT2D eigenvalue weighted by molar-refractivity contribution is 5.52. The fraction of sp³-hybridized carbons (Fsp3) is 0. The molecule has 2 heterocycles. The van der Waals surface area contributed by atoms with Gasteiger partial charge >= 0.3 is 5.76 Å². The minimum Gasteiger partial charge on any atom is -0.329 e. The van der Waals surface area contributed by atoms with E-state index in [1.54, 1.807) is 6.07 Å². The number of aromatic amines is 2. The molecule has 0 bridgehead atoms. The Kier molecular flexibility index (Phi) is 1.59. The standard InChI is InChI=1S/C7H5N3O3/c11-5-3-4(1-2-8-5)6-9-7(12)13-10-6/h1-3H,(H,8,11)(H,9,10,12). The van der Waals surface area contributed by atoms with Crippen molar-refractivity contribution in [2.75, 3.05) is 0 Å². The Balaban J connectivity index is 2.58. The summed E-state index contributed by atoms with van der Waals surface area (Å²) in [6, 6.07) is 2.92. The molecule has 2 rings (SSSR count). The van der Waals surface area contributed by atoms with Crippen LogP contribution in [0.1, 0.15) is 0 Å². The molecule has 13 heavy (non-hydrogen) atoms. The summed E-state index contributed by atoms with van der Waals surface area (Å²) >= 11 is 0. The van der Waals surface area contributed by atoms with E-state index < -0.39 is 5.76 Å². The average molecular weight is 179 g/mol. The molecule has 0 aliphatic rings. The molecular weight excluding hydrogens is 174 g/mol. The SMILES string of the molecule is O=c1cc(-c2noc(=O)[nH]2)cc[nH]1. The van der Waals surface area contributed by atoms with Crippen LogP contribution in [0, 0.1) is 0 Å². The van der Waals surface area contributed by atoms with Crippen molar-refractivity contribution in [1.29, 1.82) is 0 Å². The summed E-state index contributed by atoms with van der Waals surface area (Å²) in [5, 5.41) is 3.43. The van der Waals surface area contributed by atoms with Crippen molar-refractivity contribution in [3.63, 3.8) is 0 Å². The van der Waals surface area contributed by atoms with E-state index in [1.165, 1.54) is 12.3 Å². The Bertz CT molecular complexity index is 522. The Morgan fingerprint density at radius 1 is 1.38 bits per heavy atom. The molecular formula is C7H5N3O3. The van der Waals surface area contributed by atoms with Crippen LogP contribution < -0.4 is 11.3 Å². The van der Waals surface area contributed by atoms with Gasteiger partial charge in [-0.05, 0) is 6.07 Å². The van der Waals surface area contributed by atoms with Crippen LogP contribution in [-0.4, -0.2) is 15.1 Å². The minimum absolute atomic E-state index is 0.246. The van der Waals surface area contributed by atoms with E-state index in [9.17, 15) is 9.59 Å². The molecule has 0 atom stereocenters. The summed E-state index contributed by atoms with van der Waals surface area (Å²) in [6.07, 6.45) is 1.46. The summed E-state index contributed by atoms with van der Waals surface area (Å²) in [6.45, 7) is 0. The second-order valence-corrected chi connectivity index (χ2v) is 2.39. The molecule has 2 aromatic rings. The van der Waals surface area contributed by atoms with Crippen LogP contribution >= 0.6 is 0 Å². The smallest absolute Gasteiger partial charge is 0.329 e. The Morgan fingerprint density at radius 2 is 2.23 bits per heavy atom. The monoisotopic (exact) mass is 179 g/mol. The van der Waals surface area contributed by atoms with Gasteiger partial charge in [-0.25, -0.2) is 4.79 Å². The zero-order valence-electron chi connectivity index (χ0n) is 6.40. The van der Waals surface area contributed by atoms with Gasteiger partial charge in [0.2, 0.25) is 5.56 Å². The molecule has 2 N–H and O–H groups in total. The lowest BCUT2D eigenvalue weighted by molar-refractivity contribution is 0.388. The number of nitrogens with zero attached hydrogens (tertiary/aromatic N) is 1. The van der Waals surface area contributed by atoms with Gasteiger partial charge in [0.05, 0.1) is 0 Å². The molecule has 0 saturated carbocycles. The van der Waals surface area contributed by atoms with Gasteiger partial charge < -0.3 is 4.98 Å². The zero-order chi connectivity index (χ0) is 9.26. The first-order valence-corrected chi connectivity index (χ1v) is 3.51. The maximum atomic E-state index is 10.9. The van der Waals surface area contributed by atoms with Gasteiger partial charge in [-0.3, -0.25) is 14.3 Å². The highest BCUT2D eigenvalue weighted by Crippen LogP contribution is 2.07. The third kappa shape index (κ3) is 1.41. The van der Waals surface area contributed by atoms with Crippen LogP contribution in [0.2, 0.25) is 0 Å². The summed E-state index contributed by atoms with van der Waals surface area (Å²) < 4.78 is 4.29. The van der Waals surface area contributed by atoms with Crippen molar-refractivity contribution in [1.82, 2.24) is 15.1 Å². The maximum Gasteiger partial charge on any atom is 0.439 e. The highest BCUT2D eigenvalue weighted by atomic mass is 16.5. The van der Waals surface area contributed by atoms with Crippen LogP contribution in [0.25, 0.3) is 11.4 Å². The van der Waals surface area contributed by atoms with Crippen LogP contribution in [0.15, 0.2) is 32.4 Å². The number of pyridine rings is 1. The second kappa shape index (κ2) is 2.74. The molecule has 2 aromatic heterocycles. The van der Waals surface area contributed by atoms with Gasteiger partial charge in [0, 0.05) is 17.8 Å². The quantitative estimate of drug-likeness (QED) is 0.629. The van der Waals surface area contributed by atoms with Crippen LogP contribution in [0.4, 0.5) is 0 Å². The molecule has 0 unspecified atom stereocenters. The lowest BCUT2D eigenvalue weighted by Crippen LogP contribution is -2.03. The normalized spacial score (nSPS) is 10.2. The number of aromatic nitrogens is 3. The van der Waals surface area contributed by atoms with Crippen molar-refractivity contribution in [2.45, 2.75) is 0 Å². The third-order valence-electron chi connectivity index (χ3n) is 1.49. The van der Waals surface area contributed by atoms with Crippen molar-refractivity contribution < 1.29 is 4.52 Å². The second-order valence-electron chi connectivity index (χ2n) is 2.39. The maximum absolute atomic E-state index is 10.9. The lowest BCUT2D eigenvalue weighted by atomic mass is 10.2. The van der Waals surface area contributed by atoms with Crippen molar-refractivity contribution in [3.8, 4) is 11.4 Å². The Hall–Kier alpha value is -2.11. The average Bonchev–Trinajstić information content (AvgIpc) is 2.52. The van der Waals surface area contributed by atoms with Crippen LogP contribution in [0.3, 0.4) is 0 Å². The van der Waals surface area contributed by atoms with E-state index in [1.807, 2.05) is 0 Å². The van der Waals surface area contributed by atoms with Gasteiger partial charge in [-0.15, -0.1) is 0 Å². The summed E-state index contributed by atoms with van der Waals surface area (Å²) in [5.41, 5.74) is 0.246. The molecule has 0 radical (unpaired) electrons. The number of nitrogens with one attached hydrogen (secondary N) is 2. The number of H-pyrrole nitrogens is 2. The van der Waals surface area contributed by atoms with E-state index in [4.69, 9.17) is 0 Å². The molecule has 0 aliphatic heterocycles. The summed E-state index contributed by atoms with van der Waals surface area (Å²) in [4.78, 5) is 26.2. The number of hydrogen-bond acceptors (Lipinski definition) is 4. The number of hydrogen-bond donors (Lipinski definition) is 2. The van der Waals surface area contributed by atoms with Crippen molar-refractivity contribution >= 4 is 0 Å². The molecule has 6 nitrogen and oxygen atoms in total. The van der Waals surface area contributed by atoms with E-state index in [0.29, 0.717) is 5.56 Å². The molecule has 0 aliphatic carbocycles. The topological polar surface area (TPSA) is 91.8 Å². The fourth-order valence-corrected chi connectivity index (χ4v) is 0.946. The molecule has 0 fully saturated rings. The first-order chi connectivity index (χ1) is 6.25. The fourth-order valence-electron chi connectivity index (χ4n) is 0.946. The van der Waals surface area contributed by atoms with Gasteiger partial charge in [-0.1, -0.05) is 5.16 Å². The lowest BCUT2D eigenvalue weighted by Gasteiger charge is -1.90. The molecule has 6 heteroatoms. The molecule has 0 amide bonds. The van der Waals surface area contributed by atoms with Crippen LogP contribution in [-0.2, 0) is 0 Å². The van der Waals surface area contributed by atoms with Crippen molar-refractivity contribution in [2.24, 2.45) is 0 Å². The molecule has 66 valence electrons. The van der Waals surface area contributed by atoms with Gasteiger partial charge in [0.1, 0.15) is 0 Å². The first kappa shape index (κ1) is 7.53. The molecule has 0 saturated heterocycles. The first-order valence-electron chi connectivity index (χ1n) is 3.51. The molecule has 0 aromatic carbocycles. The number of rotatable bonds is 1. The van der Waals surface area contributed by atoms with Gasteiger partial charge in [0.25, 0.3) is 0 Å². The van der Waals surface area contributed by atoms with Gasteiger partial charge in [0.15, 0.2) is 5.82 Å². The Labute approximate surface area is 71.2 Å². The predicted molar refractivity (Wildman–Crippen MR) is 43.2 cm³/mol. The van der Waals surface area contributed by atoms with Crippen LogP contribution in [0.5, 0.6) is 0 Å². The minimum atomic E-state index is -0.643. The highest BCUT2D eigenvalue weighted by Gasteiger charge is 2.03. The summed E-state index contributed by atoms with van der Waals surface area (Å²) in [7, 11) is 0. The van der Waals surface area contributed by atoms with E-state index in [2.05, 4.69) is 19.6 Å². The van der Waals surface area contributed by atoms with Gasteiger partial charge in [-0.2, -0.15) is 0 Å². The van der Waals surface area contributed by atoms with E-state index >= 15 is 0 Å².